The Balaban J connectivity index is 1.95. The molecule has 31 heavy (non-hydrogen) atoms. The molecule has 12 heteroatoms. The van der Waals surface area contributed by atoms with Gasteiger partial charge >= 0.3 is 5.97 Å². The predicted octanol–water partition coefficient (Wildman–Crippen LogP) is 0.823. The molecule has 0 saturated carbocycles. The molecule has 0 aromatic heterocycles. The minimum atomic E-state index is -4.36. The number of sulfonamides is 1. The van der Waals surface area contributed by atoms with Gasteiger partial charge in [0.05, 0.1) is 31.1 Å². The summed E-state index contributed by atoms with van der Waals surface area (Å²) in [6, 6.07) is 2.35. The molecule has 3 rings (SSSR count). The van der Waals surface area contributed by atoms with Crippen LogP contribution in [0.25, 0.3) is 0 Å². The summed E-state index contributed by atoms with van der Waals surface area (Å²) in [6.45, 7) is 0.598. The van der Waals surface area contributed by atoms with Crippen molar-refractivity contribution in [2.75, 3.05) is 24.5 Å². The van der Waals surface area contributed by atoms with E-state index >= 15 is 0 Å². The van der Waals surface area contributed by atoms with Crippen LogP contribution < -0.4 is 4.72 Å². The van der Waals surface area contributed by atoms with Gasteiger partial charge in [-0.15, -0.1) is 0 Å². The van der Waals surface area contributed by atoms with Gasteiger partial charge in [-0.2, -0.15) is 0 Å². The quantitative estimate of drug-likeness (QED) is 0.507. The number of ether oxygens (including phenoxy) is 3. The number of carbonyl (C=O) groups is 1. The Hall–Kier alpha value is -2.12. The van der Waals surface area contributed by atoms with Gasteiger partial charge in [0.25, 0.3) is 0 Å². The van der Waals surface area contributed by atoms with E-state index in [2.05, 4.69) is 0 Å². The highest BCUT2D eigenvalue weighted by Crippen LogP contribution is 2.41. The predicted molar refractivity (Wildman–Crippen MR) is 103 cm³/mol. The first-order valence-electron chi connectivity index (χ1n) is 9.58. The number of aliphatic hydroxyl groups is 2. The third-order valence-electron chi connectivity index (χ3n) is 5.02. The van der Waals surface area contributed by atoms with Crippen LogP contribution in [0.5, 0.6) is 0 Å². The van der Waals surface area contributed by atoms with Crippen LogP contribution in [0.2, 0.25) is 0 Å². The van der Waals surface area contributed by atoms with Crippen LogP contribution in [0.1, 0.15) is 19.8 Å². The standard InChI is InChI=1S/C19H23F2NO8S/c1-2-28-18(25)12-8-19(29-15(9-23)16(10-24)30-19)6-5-17(12)31(26,27)22-14-4-3-11(20)7-13(14)21/h3-4,7-8,15-17,22-24H,2,5-6,9-10H2,1H3/t15-,16-,17?/m1/s1. The average molecular weight is 463 g/mol. The lowest BCUT2D eigenvalue weighted by atomic mass is 9.94. The molecule has 1 saturated heterocycles. The third-order valence-corrected chi connectivity index (χ3v) is 6.77. The largest absolute Gasteiger partial charge is 0.463 e. The van der Waals surface area contributed by atoms with E-state index in [1.807, 2.05) is 4.72 Å². The van der Waals surface area contributed by atoms with E-state index in [0.29, 0.717) is 6.07 Å². The van der Waals surface area contributed by atoms with Gasteiger partial charge < -0.3 is 24.4 Å². The maximum Gasteiger partial charge on any atom is 0.335 e. The molecule has 1 aromatic rings. The molecule has 1 aliphatic heterocycles. The molecule has 3 N–H and O–H groups in total. The Morgan fingerprint density at radius 1 is 1.26 bits per heavy atom. The van der Waals surface area contributed by atoms with Crippen molar-refractivity contribution in [2.45, 2.75) is 43.0 Å². The summed E-state index contributed by atoms with van der Waals surface area (Å²) in [5, 5.41) is 17.4. The van der Waals surface area contributed by atoms with Crippen molar-refractivity contribution < 1.29 is 46.4 Å². The van der Waals surface area contributed by atoms with E-state index in [0.717, 1.165) is 18.2 Å². The molecule has 1 aromatic carbocycles. The molecule has 172 valence electrons. The maximum atomic E-state index is 14.0. The van der Waals surface area contributed by atoms with E-state index in [4.69, 9.17) is 14.2 Å². The highest BCUT2D eigenvalue weighted by atomic mass is 32.2. The number of halogens is 2. The lowest BCUT2D eigenvalue weighted by Crippen LogP contribution is -2.42. The molecule has 1 unspecified atom stereocenters. The van der Waals surface area contributed by atoms with Crippen LogP contribution >= 0.6 is 0 Å². The number of hydrogen-bond acceptors (Lipinski definition) is 8. The minimum absolute atomic E-state index is 0.0274. The van der Waals surface area contributed by atoms with Crippen molar-refractivity contribution in [1.29, 1.82) is 0 Å². The van der Waals surface area contributed by atoms with Crippen molar-refractivity contribution >= 4 is 21.7 Å². The van der Waals surface area contributed by atoms with Gasteiger partial charge in [0.2, 0.25) is 10.0 Å². The molecule has 0 amide bonds. The van der Waals surface area contributed by atoms with Gasteiger partial charge in [-0.1, -0.05) is 0 Å². The van der Waals surface area contributed by atoms with Crippen LogP contribution in [0.4, 0.5) is 14.5 Å². The summed E-state index contributed by atoms with van der Waals surface area (Å²) in [5.74, 6) is -4.46. The first-order valence-corrected chi connectivity index (χ1v) is 11.1. The van der Waals surface area contributed by atoms with Gasteiger partial charge in [-0.05, 0) is 31.6 Å². The second-order valence-electron chi connectivity index (χ2n) is 7.11. The number of rotatable bonds is 7. The van der Waals surface area contributed by atoms with Gasteiger partial charge in [-0.25, -0.2) is 22.0 Å². The van der Waals surface area contributed by atoms with E-state index in [-0.39, 0.29) is 25.0 Å². The normalized spacial score (nSPS) is 25.3. The summed E-state index contributed by atoms with van der Waals surface area (Å²) in [4.78, 5) is 12.5. The Kier molecular flexibility index (Phi) is 6.96. The zero-order valence-corrected chi connectivity index (χ0v) is 17.4. The van der Waals surface area contributed by atoms with Crippen LogP contribution in [0.15, 0.2) is 29.8 Å². The molecule has 1 fully saturated rings. The smallest absolute Gasteiger partial charge is 0.335 e. The molecular formula is C19H23F2NO8S. The highest BCUT2D eigenvalue weighted by molar-refractivity contribution is 7.93. The minimum Gasteiger partial charge on any atom is -0.463 e. The van der Waals surface area contributed by atoms with E-state index in [1.54, 1.807) is 6.92 Å². The molecule has 2 aliphatic rings. The Labute approximate surface area is 177 Å². The van der Waals surface area contributed by atoms with Gasteiger partial charge in [-0.3, -0.25) is 4.72 Å². The van der Waals surface area contributed by atoms with Gasteiger partial charge in [0.15, 0.2) is 5.79 Å². The van der Waals surface area contributed by atoms with Crippen molar-refractivity contribution in [3.05, 3.63) is 41.5 Å². The summed E-state index contributed by atoms with van der Waals surface area (Å²) in [7, 11) is -4.36. The number of esters is 1. The molecule has 0 radical (unpaired) electrons. The lowest BCUT2D eigenvalue weighted by molar-refractivity contribution is -0.154. The fourth-order valence-electron chi connectivity index (χ4n) is 3.60. The Morgan fingerprint density at radius 2 is 1.90 bits per heavy atom. The molecule has 1 spiro atoms. The van der Waals surface area contributed by atoms with Crippen molar-refractivity contribution in [2.24, 2.45) is 0 Å². The van der Waals surface area contributed by atoms with E-state index < -0.39 is 69.8 Å². The Morgan fingerprint density at radius 3 is 2.45 bits per heavy atom. The number of benzene rings is 1. The number of anilines is 1. The first kappa shape index (κ1) is 23.5. The monoisotopic (exact) mass is 463 g/mol. The summed E-state index contributed by atoms with van der Waals surface area (Å²) < 4.78 is 71.4. The Bertz CT molecular complexity index is 956. The zero-order valence-electron chi connectivity index (χ0n) is 16.6. The van der Waals surface area contributed by atoms with E-state index in [1.165, 1.54) is 0 Å². The van der Waals surface area contributed by atoms with Crippen LogP contribution in [-0.2, 0) is 29.0 Å². The van der Waals surface area contributed by atoms with Gasteiger partial charge in [0, 0.05) is 12.5 Å². The topological polar surface area (TPSA) is 131 Å². The van der Waals surface area contributed by atoms with Crippen molar-refractivity contribution in [3.63, 3.8) is 0 Å². The maximum absolute atomic E-state index is 14.0. The average Bonchev–Trinajstić information content (AvgIpc) is 3.07. The summed E-state index contributed by atoms with van der Waals surface area (Å²) in [5.41, 5.74) is -0.766. The molecule has 9 nitrogen and oxygen atoms in total. The highest BCUT2D eigenvalue weighted by Gasteiger charge is 2.51. The molecule has 1 heterocycles. The number of carbonyl (C=O) groups excluding carboxylic acids is 1. The van der Waals surface area contributed by atoms with Crippen LogP contribution in [0, 0.1) is 11.6 Å². The number of aliphatic hydroxyl groups excluding tert-OH is 2. The summed E-state index contributed by atoms with van der Waals surface area (Å²) >= 11 is 0. The molecular weight excluding hydrogens is 440 g/mol. The molecule has 0 bridgehead atoms. The number of hydrogen-bond donors (Lipinski definition) is 3. The number of nitrogens with one attached hydrogen (secondary N) is 1. The molecule has 1 aliphatic carbocycles. The van der Waals surface area contributed by atoms with E-state index in [9.17, 15) is 32.2 Å². The van der Waals surface area contributed by atoms with Crippen LogP contribution in [0.3, 0.4) is 0 Å². The van der Waals surface area contributed by atoms with Gasteiger partial charge in [0.1, 0.15) is 29.1 Å². The summed E-state index contributed by atoms with van der Waals surface area (Å²) in [6.07, 6.45) is -0.773. The zero-order chi connectivity index (χ0) is 22.8. The second-order valence-corrected chi connectivity index (χ2v) is 8.97. The molecule has 3 atom stereocenters. The van der Waals surface area contributed by atoms with Crippen LogP contribution in [-0.4, -0.2) is 67.7 Å². The third kappa shape index (κ3) is 4.88. The van der Waals surface area contributed by atoms with Crippen molar-refractivity contribution in [1.82, 2.24) is 0 Å². The fraction of sp³-hybridized carbons (Fsp3) is 0.526. The fourth-order valence-corrected chi connectivity index (χ4v) is 5.14. The van der Waals surface area contributed by atoms with Crippen molar-refractivity contribution in [3.8, 4) is 0 Å². The second kappa shape index (κ2) is 9.17. The lowest BCUT2D eigenvalue weighted by Gasteiger charge is -2.33. The SMILES string of the molecule is CCOC(=O)C1=CC2(CCC1S(=O)(=O)Nc1ccc(F)cc1F)O[C@H](CO)[C@@H](CO)O2. The first-order chi connectivity index (χ1) is 14.6.